The van der Waals surface area contributed by atoms with Crippen LogP contribution in [-0.2, 0) is 38.0 Å². The Morgan fingerprint density at radius 1 is 1.00 bits per heavy atom. The molecule has 0 spiro atoms. The highest BCUT2D eigenvalue weighted by Crippen LogP contribution is 2.42. The van der Waals surface area contributed by atoms with Crippen molar-refractivity contribution in [1.29, 1.82) is 0 Å². The number of aldehydes is 1. The first kappa shape index (κ1) is 41.1. The van der Waals surface area contributed by atoms with Gasteiger partial charge in [0.2, 0.25) is 0 Å². The van der Waals surface area contributed by atoms with Gasteiger partial charge in [-0.3, -0.25) is 0 Å². The van der Waals surface area contributed by atoms with Crippen LogP contribution < -0.4 is 0 Å². The van der Waals surface area contributed by atoms with Crippen LogP contribution in [0.25, 0.3) is 0 Å². The normalized spacial score (nSPS) is 31.6. The van der Waals surface area contributed by atoms with Crippen LogP contribution in [0.5, 0.6) is 0 Å². The molecule has 1 aromatic rings. The number of methoxy groups -OCH3 is 1. The quantitative estimate of drug-likeness (QED) is 0.0901. The van der Waals surface area contributed by atoms with Crippen LogP contribution in [0.15, 0.2) is 59.5 Å². The van der Waals surface area contributed by atoms with Crippen molar-refractivity contribution in [2.45, 2.75) is 152 Å². The van der Waals surface area contributed by atoms with E-state index in [0.717, 1.165) is 49.5 Å². The van der Waals surface area contributed by atoms with Gasteiger partial charge >= 0.3 is 0 Å². The lowest BCUT2D eigenvalue weighted by Gasteiger charge is -2.38. The molecule has 282 valence electrons. The predicted molar refractivity (Wildman–Crippen MR) is 202 cm³/mol. The Morgan fingerprint density at radius 3 is 2.32 bits per heavy atom. The van der Waals surface area contributed by atoms with Gasteiger partial charge in [0, 0.05) is 32.5 Å². The summed E-state index contributed by atoms with van der Waals surface area (Å²) in [6.45, 7) is 25.0. The van der Waals surface area contributed by atoms with Crippen molar-refractivity contribution in [3.05, 3.63) is 54.6 Å². The van der Waals surface area contributed by atoms with Crippen LogP contribution in [0.3, 0.4) is 0 Å². The molecule has 0 saturated carbocycles. The third kappa shape index (κ3) is 10.5. The van der Waals surface area contributed by atoms with E-state index in [4.69, 9.17) is 23.4 Å². The summed E-state index contributed by atoms with van der Waals surface area (Å²) in [4.78, 5) is 11.2. The molecule has 0 aliphatic carbocycles. The summed E-state index contributed by atoms with van der Waals surface area (Å²) in [6, 6.07) is 8.66. The van der Waals surface area contributed by atoms with Gasteiger partial charge in [0.1, 0.15) is 6.29 Å². The van der Waals surface area contributed by atoms with Crippen LogP contribution in [-0.4, -0.2) is 85.2 Å². The van der Waals surface area contributed by atoms with Crippen LogP contribution in [0, 0.1) is 17.8 Å². The fraction of sp³-hybridized carbons (Fsp3) is 0.725. The largest absolute Gasteiger partial charge is 0.417 e. The Morgan fingerprint density at radius 2 is 1.68 bits per heavy atom. The Kier molecular flexibility index (Phi) is 14.3. The molecular weight excluding hydrogens is 669 g/mol. The van der Waals surface area contributed by atoms with E-state index in [1.165, 1.54) is 0 Å². The minimum Gasteiger partial charge on any atom is -0.417 e. The topological polar surface area (TPSA) is 97.4 Å². The zero-order chi connectivity index (χ0) is 36.9. The Hall–Kier alpha value is -1.66. The van der Waals surface area contributed by atoms with Gasteiger partial charge in [-0.05, 0) is 91.8 Å². The Bertz CT molecular complexity index is 1390. The average Bonchev–Trinajstić information content (AvgIpc) is 3.57. The van der Waals surface area contributed by atoms with Gasteiger partial charge < -0.3 is 28.2 Å². The maximum atomic E-state index is 13.8. The number of carbonyl (C=O) groups excluding carboxylic acids is 1. The number of hydrogen-bond donors (Lipinski definition) is 0. The smallest absolute Gasteiger partial charge is 0.191 e. The molecule has 0 bridgehead atoms. The van der Waals surface area contributed by atoms with Crippen LogP contribution in [0.4, 0.5) is 0 Å². The van der Waals surface area contributed by atoms with Crippen LogP contribution >= 0.6 is 0 Å². The fourth-order valence-corrected chi connectivity index (χ4v) is 10.3. The molecule has 0 aromatic heterocycles. The van der Waals surface area contributed by atoms with Gasteiger partial charge in [-0.25, -0.2) is 8.42 Å². The maximum absolute atomic E-state index is 13.8. The van der Waals surface area contributed by atoms with Crippen molar-refractivity contribution in [3.8, 4) is 0 Å². The second-order valence-corrected chi connectivity index (χ2v) is 23.6. The maximum Gasteiger partial charge on any atom is 0.191 e. The summed E-state index contributed by atoms with van der Waals surface area (Å²) in [6.07, 6.45) is 5.43. The molecule has 3 heterocycles. The van der Waals surface area contributed by atoms with E-state index < -0.39 is 24.3 Å². The number of rotatable bonds is 17. The number of ether oxygens (including phenoxy) is 4. The van der Waals surface area contributed by atoms with Gasteiger partial charge in [0.25, 0.3) is 0 Å². The van der Waals surface area contributed by atoms with E-state index in [1.807, 2.05) is 6.07 Å². The van der Waals surface area contributed by atoms with Gasteiger partial charge in [-0.2, -0.15) is 0 Å². The molecule has 3 unspecified atom stereocenters. The fourth-order valence-electron chi connectivity index (χ4n) is 7.52. The first-order valence-electron chi connectivity index (χ1n) is 18.7. The molecule has 3 aliphatic rings. The molecule has 1 aromatic carbocycles. The zero-order valence-electron chi connectivity index (χ0n) is 31.9. The molecule has 0 N–H and O–H groups in total. The molecule has 10 atom stereocenters. The summed E-state index contributed by atoms with van der Waals surface area (Å²) < 4.78 is 60.1. The SMILES string of the molecule is C=C1C(CC2O[C@H](C[C@H](C)CO[Si](C)(C)C(C)(C)C)[C@H](OC)[C@H]2CS(=O)(=O)c2ccccc2)OC(CC[C@@H]2O[C@@H](CCC=O)CC2=C)C[C@H]1C. The van der Waals surface area contributed by atoms with E-state index in [2.05, 4.69) is 60.9 Å². The number of hydrogen-bond acceptors (Lipinski definition) is 8. The molecule has 10 heteroatoms. The van der Waals surface area contributed by atoms with Gasteiger partial charge in [0.15, 0.2) is 18.2 Å². The molecule has 3 saturated heterocycles. The van der Waals surface area contributed by atoms with E-state index in [0.29, 0.717) is 30.8 Å². The van der Waals surface area contributed by atoms with Crippen molar-refractivity contribution >= 4 is 24.4 Å². The lowest BCUT2D eigenvalue weighted by atomic mass is 9.83. The van der Waals surface area contributed by atoms with Crippen molar-refractivity contribution in [2.24, 2.45) is 17.8 Å². The molecule has 0 amide bonds. The second-order valence-electron chi connectivity index (χ2n) is 16.7. The van der Waals surface area contributed by atoms with Crippen molar-refractivity contribution < 1.29 is 36.6 Å². The highest BCUT2D eigenvalue weighted by molar-refractivity contribution is 7.91. The minimum absolute atomic E-state index is 0.0142. The third-order valence-electron chi connectivity index (χ3n) is 11.7. The van der Waals surface area contributed by atoms with E-state index in [9.17, 15) is 13.2 Å². The molecular formula is C40H64O8SSi. The van der Waals surface area contributed by atoms with Gasteiger partial charge in [-0.15, -0.1) is 0 Å². The summed E-state index contributed by atoms with van der Waals surface area (Å²) in [5.74, 6) is -0.000774. The van der Waals surface area contributed by atoms with Crippen molar-refractivity contribution in [3.63, 3.8) is 0 Å². The standard InChI is InChI=1S/C40H64O8SSi/c1-27(25-45-50(9,10)40(5,6)7)21-38-39(44-8)34(26-49(42,43)33-16-12-11-13-17-33)37(48-38)24-36-30(4)28(2)22-32(47-36)18-19-35-29(3)23-31(46-35)15-14-20-41/h11-13,16-17,20,27-28,31-32,34-39H,3-4,14-15,18-19,21-26H2,1-2,5-10H3/t27-,28+,31-,32?,34-,35-,36?,37?,38+,39+/m0/s1. The van der Waals surface area contributed by atoms with E-state index in [1.54, 1.807) is 31.4 Å². The predicted octanol–water partition coefficient (Wildman–Crippen LogP) is 8.12. The Labute approximate surface area is 303 Å². The number of benzene rings is 1. The van der Waals surface area contributed by atoms with E-state index >= 15 is 0 Å². The van der Waals surface area contributed by atoms with Crippen LogP contribution in [0.2, 0.25) is 18.1 Å². The first-order chi connectivity index (χ1) is 23.5. The molecule has 50 heavy (non-hydrogen) atoms. The van der Waals surface area contributed by atoms with Crippen molar-refractivity contribution in [2.75, 3.05) is 19.5 Å². The molecule has 0 radical (unpaired) electrons. The Balaban J connectivity index is 1.48. The highest BCUT2D eigenvalue weighted by Gasteiger charge is 2.49. The average molecular weight is 733 g/mol. The minimum atomic E-state index is -3.61. The zero-order valence-corrected chi connectivity index (χ0v) is 33.7. The molecule has 3 fully saturated rings. The summed E-state index contributed by atoms with van der Waals surface area (Å²) in [7, 11) is -3.87. The number of carbonyl (C=O) groups is 1. The summed E-state index contributed by atoms with van der Waals surface area (Å²) in [5.41, 5.74) is 2.12. The highest BCUT2D eigenvalue weighted by atomic mass is 32.2. The first-order valence-corrected chi connectivity index (χ1v) is 23.2. The summed E-state index contributed by atoms with van der Waals surface area (Å²) >= 11 is 0. The monoisotopic (exact) mass is 732 g/mol. The van der Waals surface area contributed by atoms with E-state index in [-0.39, 0.29) is 65.2 Å². The molecule has 8 nitrogen and oxygen atoms in total. The third-order valence-corrected chi connectivity index (χ3v) is 18.0. The van der Waals surface area contributed by atoms with Crippen LogP contribution in [0.1, 0.15) is 86.0 Å². The van der Waals surface area contributed by atoms with Crippen molar-refractivity contribution in [1.82, 2.24) is 0 Å². The summed E-state index contributed by atoms with van der Waals surface area (Å²) in [5, 5.41) is 0.114. The molecule has 4 rings (SSSR count). The lowest BCUT2D eigenvalue weighted by Crippen LogP contribution is -2.42. The van der Waals surface area contributed by atoms with Gasteiger partial charge in [0.05, 0.1) is 53.4 Å². The molecule has 3 aliphatic heterocycles. The van der Waals surface area contributed by atoms with Gasteiger partial charge in [-0.1, -0.05) is 66.0 Å². The lowest BCUT2D eigenvalue weighted by molar-refractivity contribution is -0.108. The second kappa shape index (κ2) is 17.4. The number of sulfone groups is 1.